The van der Waals surface area contributed by atoms with Crippen molar-refractivity contribution in [2.24, 2.45) is 11.8 Å². The topological polar surface area (TPSA) is 32.3 Å². The van der Waals surface area contributed by atoms with Gasteiger partial charge in [-0.3, -0.25) is 0 Å². The van der Waals surface area contributed by atoms with Gasteiger partial charge >= 0.3 is 0 Å². The number of aliphatic hydroxyl groups is 1. The average molecular weight is 215 g/mol. The SMILES string of the molecule is CCC(C)CC(CC)NC(CO)C(C)C. The minimum atomic E-state index is 0.245. The van der Waals surface area contributed by atoms with Gasteiger partial charge in [-0.1, -0.05) is 41.0 Å². The van der Waals surface area contributed by atoms with E-state index in [4.69, 9.17) is 0 Å². The Morgan fingerprint density at radius 2 is 1.67 bits per heavy atom. The second-order valence-electron chi connectivity index (χ2n) is 5.05. The van der Waals surface area contributed by atoms with Crippen LogP contribution in [0.25, 0.3) is 0 Å². The fraction of sp³-hybridized carbons (Fsp3) is 1.00. The first kappa shape index (κ1) is 14.9. The van der Waals surface area contributed by atoms with Gasteiger partial charge in [0.05, 0.1) is 6.61 Å². The Morgan fingerprint density at radius 1 is 1.07 bits per heavy atom. The summed E-state index contributed by atoms with van der Waals surface area (Å²) in [7, 11) is 0. The molecule has 0 saturated carbocycles. The largest absolute Gasteiger partial charge is 0.395 e. The molecular weight excluding hydrogens is 186 g/mol. The van der Waals surface area contributed by atoms with Crippen LogP contribution in [0.1, 0.15) is 53.9 Å². The lowest BCUT2D eigenvalue weighted by Crippen LogP contribution is -2.44. The first-order valence-electron chi connectivity index (χ1n) is 6.41. The molecule has 2 heteroatoms. The summed E-state index contributed by atoms with van der Waals surface area (Å²) in [6, 6.07) is 0.804. The molecule has 0 bridgehead atoms. The lowest BCUT2D eigenvalue weighted by Gasteiger charge is -2.28. The number of rotatable bonds is 8. The predicted octanol–water partition coefficient (Wildman–Crippen LogP) is 2.81. The second kappa shape index (κ2) is 8.12. The van der Waals surface area contributed by atoms with Crippen LogP contribution >= 0.6 is 0 Å². The Bertz CT molecular complexity index is 147. The van der Waals surface area contributed by atoms with E-state index in [0.717, 1.165) is 12.3 Å². The highest BCUT2D eigenvalue weighted by Gasteiger charge is 2.17. The van der Waals surface area contributed by atoms with E-state index in [-0.39, 0.29) is 12.6 Å². The fourth-order valence-electron chi connectivity index (χ4n) is 1.76. The van der Waals surface area contributed by atoms with Crippen LogP contribution in [-0.2, 0) is 0 Å². The molecule has 0 heterocycles. The van der Waals surface area contributed by atoms with Crippen LogP contribution in [0, 0.1) is 11.8 Å². The predicted molar refractivity (Wildman–Crippen MR) is 67.0 cm³/mol. The Balaban J connectivity index is 4.06. The van der Waals surface area contributed by atoms with E-state index in [9.17, 15) is 5.11 Å². The first-order valence-corrected chi connectivity index (χ1v) is 6.41. The molecule has 92 valence electrons. The van der Waals surface area contributed by atoms with Gasteiger partial charge in [0.25, 0.3) is 0 Å². The standard InChI is InChI=1S/C13H29NO/c1-6-11(5)8-12(7-2)14-13(9-15)10(3)4/h10-15H,6-9H2,1-5H3. The van der Waals surface area contributed by atoms with E-state index in [1.54, 1.807) is 0 Å². The molecule has 0 aromatic heterocycles. The third-order valence-corrected chi connectivity index (χ3v) is 3.33. The molecule has 3 atom stereocenters. The third-order valence-electron chi connectivity index (χ3n) is 3.33. The highest BCUT2D eigenvalue weighted by atomic mass is 16.3. The Kier molecular flexibility index (Phi) is 8.07. The molecule has 0 aromatic rings. The third kappa shape index (κ3) is 6.16. The van der Waals surface area contributed by atoms with Crippen LogP contribution in [0.3, 0.4) is 0 Å². The van der Waals surface area contributed by atoms with Gasteiger partial charge in [0.2, 0.25) is 0 Å². The van der Waals surface area contributed by atoms with Crippen molar-refractivity contribution >= 4 is 0 Å². The van der Waals surface area contributed by atoms with Crippen molar-refractivity contribution in [3.05, 3.63) is 0 Å². The van der Waals surface area contributed by atoms with Crippen LogP contribution in [-0.4, -0.2) is 23.8 Å². The van der Waals surface area contributed by atoms with Crippen molar-refractivity contribution in [3.63, 3.8) is 0 Å². The van der Waals surface area contributed by atoms with Crippen LogP contribution in [0.4, 0.5) is 0 Å². The molecule has 0 aliphatic carbocycles. The van der Waals surface area contributed by atoms with E-state index in [0.29, 0.717) is 12.0 Å². The Hall–Kier alpha value is -0.0800. The van der Waals surface area contributed by atoms with Crippen molar-refractivity contribution in [1.82, 2.24) is 5.32 Å². The highest BCUT2D eigenvalue weighted by Crippen LogP contribution is 2.14. The van der Waals surface area contributed by atoms with Gasteiger partial charge in [0, 0.05) is 12.1 Å². The lowest BCUT2D eigenvalue weighted by molar-refractivity contribution is 0.190. The summed E-state index contributed by atoms with van der Waals surface area (Å²) < 4.78 is 0. The van der Waals surface area contributed by atoms with Crippen molar-refractivity contribution in [3.8, 4) is 0 Å². The molecule has 2 N–H and O–H groups in total. The molecular formula is C13H29NO. The second-order valence-corrected chi connectivity index (χ2v) is 5.05. The minimum Gasteiger partial charge on any atom is -0.395 e. The van der Waals surface area contributed by atoms with E-state index in [1.165, 1.54) is 12.8 Å². The lowest BCUT2D eigenvalue weighted by atomic mass is 9.95. The maximum Gasteiger partial charge on any atom is 0.0587 e. The van der Waals surface area contributed by atoms with Crippen LogP contribution in [0.2, 0.25) is 0 Å². The zero-order valence-electron chi connectivity index (χ0n) is 11.1. The summed E-state index contributed by atoms with van der Waals surface area (Å²) in [5, 5.41) is 12.8. The minimum absolute atomic E-state index is 0.245. The maximum atomic E-state index is 9.27. The molecule has 0 rings (SSSR count). The molecule has 15 heavy (non-hydrogen) atoms. The molecule has 0 aromatic carbocycles. The monoisotopic (exact) mass is 215 g/mol. The van der Waals surface area contributed by atoms with Gasteiger partial charge in [-0.15, -0.1) is 0 Å². The van der Waals surface area contributed by atoms with E-state index < -0.39 is 0 Å². The fourth-order valence-corrected chi connectivity index (χ4v) is 1.76. The average Bonchev–Trinajstić information content (AvgIpc) is 2.22. The smallest absolute Gasteiger partial charge is 0.0587 e. The van der Waals surface area contributed by atoms with Gasteiger partial charge in [-0.2, -0.15) is 0 Å². The zero-order valence-corrected chi connectivity index (χ0v) is 11.1. The quantitative estimate of drug-likeness (QED) is 0.652. The van der Waals surface area contributed by atoms with Crippen LogP contribution < -0.4 is 5.32 Å². The molecule has 0 saturated heterocycles. The molecule has 0 radical (unpaired) electrons. The molecule has 2 nitrogen and oxygen atoms in total. The number of nitrogens with one attached hydrogen (secondary N) is 1. The van der Waals surface area contributed by atoms with E-state index >= 15 is 0 Å². The Labute approximate surface area is 95.5 Å². The normalized spacial score (nSPS) is 17.8. The van der Waals surface area contributed by atoms with Crippen molar-refractivity contribution in [1.29, 1.82) is 0 Å². The zero-order chi connectivity index (χ0) is 11.8. The van der Waals surface area contributed by atoms with Crippen LogP contribution in [0.15, 0.2) is 0 Å². The number of aliphatic hydroxyl groups excluding tert-OH is 1. The highest BCUT2D eigenvalue weighted by molar-refractivity contribution is 4.76. The van der Waals surface area contributed by atoms with Gasteiger partial charge in [-0.25, -0.2) is 0 Å². The molecule has 0 aliphatic heterocycles. The van der Waals surface area contributed by atoms with Gasteiger partial charge in [0.1, 0.15) is 0 Å². The first-order chi connectivity index (χ1) is 7.04. The molecule has 0 spiro atoms. The molecule has 0 amide bonds. The van der Waals surface area contributed by atoms with Gasteiger partial charge in [-0.05, 0) is 24.7 Å². The molecule has 0 fully saturated rings. The summed E-state index contributed by atoms with van der Waals surface area (Å²) in [5.41, 5.74) is 0. The maximum absolute atomic E-state index is 9.27. The van der Waals surface area contributed by atoms with E-state index in [1.807, 2.05) is 0 Å². The number of hydrogen-bond donors (Lipinski definition) is 2. The summed E-state index contributed by atoms with van der Waals surface area (Å²) in [4.78, 5) is 0. The summed E-state index contributed by atoms with van der Waals surface area (Å²) in [6.07, 6.45) is 3.60. The van der Waals surface area contributed by atoms with Crippen molar-refractivity contribution in [2.45, 2.75) is 66.0 Å². The number of hydrogen-bond acceptors (Lipinski definition) is 2. The summed E-state index contributed by atoms with van der Waals surface area (Å²) >= 11 is 0. The van der Waals surface area contributed by atoms with E-state index in [2.05, 4.69) is 39.9 Å². The summed E-state index contributed by atoms with van der Waals surface area (Å²) in [6.45, 7) is 11.3. The Morgan fingerprint density at radius 3 is 2.00 bits per heavy atom. The van der Waals surface area contributed by atoms with Gasteiger partial charge < -0.3 is 10.4 Å². The van der Waals surface area contributed by atoms with Crippen molar-refractivity contribution in [2.75, 3.05) is 6.61 Å². The molecule has 0 aliphatic rings. The summed E-state index contributed by atoms with van der Waals surface area (Å²) in [5.74, 6) is 1.27. The van der Waals surface area contributed by atoms with Crippen molar-refractivity contribution < 1.29 is 5.11 Å². The molecule has 3 unspecified atom stereocenters. The van der Waals surface area contributed by atoms with Crippen LogP contribution in [0.5, 0.6) is 0 Å². The van der Waals surface area contributed by atoms with Gasteiger partial charge in [0.15, 0.2) is 0 Å².